The van der Waals surface area contributed by atoms with Crippen LogP contribution in [0.2, 0.25) is 0 Å². The van der Waals surface area contributed by atoms with E-state index in [1.165, 1.54) is 17.4 Å². The monoisotopic (exact) mass is 381 g/mol. The molecule has 0 aliphatic heterocycles. The van der Waals surface area contributed by atoms with Gasteiger partial charge in [0.2, 0.25) is 5.13 Å². The Kier molecular flexibility index (Phi) is 4.49. The lowest BCUT2D eigenvalue weighted by atomic mass is 10.2. The highest BCUT2D eigenvalue weighted by atomic mass is 79.9. The van der Waals surface area contributed by atoms with E-state index in [2.05, 4.69) is 36.4 Å². The van der Waals surface area contributed by atoms with Crippen LogP contribution in [0.25, 0.3) is 10.6 Å². The molecule has 0 saturated carbocycles. The van der Waals surface area contributed by atoms with Crippen LogP contribution < -0.4 is 5.32 Å². The third kappa shape index (κ3) is 3.33. The zero-order valence-corrected chi connectivity index (χ0v) is 14.2. The fourth-order valence-electron chi connectivity index (χ4n) is 1.98. The third-order valence-electron chi connectivity index (χ3n) is 3.13. The van der Waals surface area contributed by atoms with Gasteiger partial charge in [-0.15, -0.1) is 10.2 Å². The maximum Gasteiger partial charge on any atom is 0.206 e. The number of benzene rings is 1. The second-order valence-corrected chi connectivity index (χ2v) is 6.56. The summed E-state index contributed by atoms with van der Waals surface area (Å²) < 4.78 is 16.6. The topological polar surface area (TPSA) is 55.6 Å². The van der Waals surface area contributed by atoms with Crippen LogP contribution in [0.4, 0.5) is 9.52 Å². The van der Waals surface area contributed by atoms with E-state index in [-0.39, 0.29) is 5.82 Å². The normalized spacial score (nSPS) is 10.9. The Hall–Kier alpha value is -1.80. The van der Waals surface area contributed by atoms with Crippen molar-refractivity contribution in [3.63, 3.8) is 0 Å². The van der Waals surface area contributed by atoms with E-state index in [9.17, 15) is 4.39 Å². The quantitative estimate of drug-likeness (QED) is 0.734. The van der Waals surface area contributed by atoms with E-state index >= 15 is 0 Å². The van der Waals surface area contributed by atoms with E-state index in [0.29, 0.717) is 22.2 Å². The minimum absolute atomic E-state index is 0.307. The number of aryl methyl sites for hydroxylation is 1. The first-order valence-electron chi connectivity index (χ1n) is 6.62. The minimum Gasteiger partial charge on any atom is -0.360 e. The fourth-order valence-corrected chi connectivity index (χ4v) is 3.13. The van der Waals surface area contributed by atoms with Gasteiger partial charge in [0.25, 0.3) is 0 Å². The molecule has 1 aromatic carbocycles. The molecule has 0 spiro atoms. The SMILES string of the molecule is Cn1ccnc1CCNc1nnc(-c2cc(Br)ccc2F)s1. The van der Waals surface area contributed by atoms with E-state index in [1.54, 1.807) is 18.3 Å². The van der Waals surface area contributed by atoms with Crippen molar-refractivity contribution in [2.45, 2.75) is 6.42 Å². The Morgan fingerprint density at radius 1 is 1.36 bits per heavy atom. The molecular weight excluding hydrogens is 369 g/mol. The fraction of sp³-hybridized carbons (Fsp3) is 0.214. The summed E-state index contributed by atoms with van der Waals surface area (Å²) in [6.45, 7) is 0.695. The predicted molar refractivity (Wildman–Crippen MR) is 88.4 cm³/mol. The summed E-state index contributed by atoms with van der Waals surface area (Å²) in [4.78, 5) is 4.26. The highest BCUT2D eigenvalue weighted by Gasteiger charge is 2.11. The average Bonchev–Trinajstić information content (AvgIpc) is 3.12. The van der Waals surface area contributed by atoms with Crippen LogP contribution in [0.5, 0.6) is 0 Å². The van der Waals surface area contributed by atoms with Crippen molar-refractivity contribution in [3.05, 3.63) is 46.7 Å². The van der Waals surface area contributed by atoms with Crippen LogP contribution in [-0.2, 0) is 13.5 Å². The summed E-state index contributed by atoms with van der Waals surface area (Å²) in [7, 11) is 1.96. The molecule has 1 N–H and O–H groups in total. The van der Waals surface area contributed by atoms with Crippen LogP contribution >= 0.6 is 27.3 Å². The molecule has 3 rings (SSSR count). The zero-order valence-electron chi connectivity index (χ0n) is 11.8. The van der Waals surface area contributed by atoms with Crippen LogP contribution in [0.1, 0.15) is 5.82 Å². The summed E-state index contributed by atoms with van der Waals surface area (Å²) in [5.74, 6) is 0.689. The summed E-state index contributed by atoms with van der Waals surface area (Å²) in [6, 6.07) is 4.77. The van der Waals surface area contributed by atoms with Crippen molar-refractivity contribution in [1.82, 2.24) is 19.7 Å². The number of imidazole rings is 1. The van der Waals surface area contributed by atoms with Crippen LogP contribution in [0.3, 0.4) is 0 Å². The van der Waals surface area contributed by atoms with Gasteiger partial charge in [0.1, 0.15) is 11.6 Å². The number of aromatic nitrogens is 4. The molecule has 0 aliphatic rings. The molecule has 0 amide bonds. The van der Waals surface area contributed by atoms with Crippen molar-refractivity contribution in [2.24, 2.45) is 7.05 Å². The van der Waals surface area contributed by atoms with Crippen molar-refractivity contribution >= 4 is 32.4 Å². The summed E-state index contributed by atoms with van der Waals surface area (Å²) in [5.41, 5.74) is 0.448. The van der Waals surface area contributed by atoms with Gasteiger partial charge in [0.15, 0.2) is 5.01 Å². The van der Waals surface area contributed by atoms with Crippen LogP contribution in [-0.4, -0.2) is 26.3 Å². The van der Waals surface area contributed by atoms with Crippen molar-refractivity contribution in [2.75, 3.05) is 11.9 Å². The first-order valence-corrected chi connectivity index (χ1v) is 8.23. The lowest BCUT2D eigenvalue weighted by molar-refractivity contribution is 0.630. The lowest BCUT2D eigenvalue weighted by Gasteiger charge is -2.02. The number of hydrogen-bond acceptors (Lipinski definition) is 5. The van der Waals surface area contributed by atoms with Gasteiger partial charge in [0.05, 0.1) is 0 Å². The highest BCUT2D eigenvalue weighted by Crippen LogP contribution is 2.30. The number of nitrogens with one attached hydrogen (secondary N) is 1. The maximum atomic E-state index is 13.8. The van der Waals surface area contributed by atoms with E-state index in [0.717, 1.165) is 16.7 Å². The Morgan fingerprint density at radius 2 is 2.23 bits per heavy atom. The lowest BCUT2D eigenvalue weighted by Crippen LogP contribution is -2.08. The van der Waals surface area contributed by atoms with Gasteiger partial charge < -0.3 is 9.88 Å². The van der Waals surface area contributed by atoms with Gasteiger partial charge in [-0.05, 0) is 18.2 Å². The van der Waals surface area contributed by atoms with Crippen LogP contribution in [0, 0.1) is 5.82 Å². The molecule has 0 fully saturated rings. The number of hydrogen-bond donors (Lipinski definition) is 1. The minimum atomic E-state index is -0.307. The summed E-state index contributed by atoms with van der Waals surface area (Å²) in [6.07, 6.45) is 4.46. The Balaban J connectivity index is 1.66. The predicted octanol–water partition coefficient (Wildman–Crippen LogP) is 3.49. The molecule has 2 heterocycles. The van der Waals surface area contributed by atoms with E-state index < -0.39 is 0 Å². The van der Waals surface area contributed by atoms with Gasteiger partial charge in [0, 0.05) is 42.4 Å². The molecular formula is C14H13BrFN5S. The number of halogens is 2. The second-order valence-electron chi connectivity index (χ2n) is 4.67. The Bertz CT molecular complexity index is 785. The zero-order chi connectivity index (χ0) is 15.5. The molecule has 2 aromatic heterocycles. The smallest absolute Gasteiger partial charge is 0.206 e. The van der Waals surface area contributed by atoms with Gasteiger partial charge in [-0.1, -0.05) is 27.3 Å². The number of nitrogens with zero attached hydrogens (tertiary/aromatic N) is 4. The molecule has 8 heteroatoms. The number of rotatable bonds is 5. The maximum absolute atomic E-state index is 13.8. The molecule has 0 radical (unpaired) electrons. The molecule has 0 unspecified atom stereocenters. The first-order chi connectivity index (χ1) is 10.6. The number of anilines is 1. The van der Waals surface area contributed by atoms with Gasteiger partial charge in [-0.2, -0.15) is 0 Å². The molecule has 3 aromatic rings. The molecule has 0 saturated heterocycles. The van der Waals surface area contributed by atoms with Gasteiger partial charge in [-0.3, -0.25) is 0 Å². The van der Waals surface area contributed by atoms with E-state index in [4.69, 9.17) is 0 Å². The highest BCUT2D eigenvalue weighted by molar-refractivity contribution is 9.10. The molecule has 5 nitrogen and oxygen atoms in total. The largest absolute Gasteiger partial charge is 0.360 e. The summed E-state index contributed by atoms with van der Waals surface area (Å²) >= 11 is 4.66. The first kappa shape index (κ1) is 15.1. The van der Waals surface area contributed by atoms with Gasteiger partial charge >= 0.3 is 0 Å². The third-order valence-corrected chi connectivity index (χ3v) is 4.54. The molecule has 0 aliphatic carbocycles. The second kappa shape index (κ2) is 6.53. The molecule has 0 atom stereocenters. The van der Waals surface area contributed by atoms with E-state index in [1.807, 2.05) is 17.8 Å². The summed E-state index contributed by atoms with van der Waals surface area (Å²) in [5, 5.41) is 12.5. The Morgan fingerprint density at radius 3 is 3.00 bits per heavy atom. The van der Waals surface area contributed by atoms with Crippen molar-refractivity contribution in [3.8, 4) is 10.6 Å². The van der Waals surface area contributed by atoms with Crippen molar-refractivity contribution in [1.29, 1.82) is 0 Å². The molecule has 0 bridgehead atoms. The van der Waals surface area contributed by atoms with Gasteiger partial charge in [-0.25, -0.2) is 9.37 Å². The molecule has 114 valence electrons. The Labute approximate surface area is 139 Å². The average molecular weight is 382 g/mol. The van der Waals surface area contributed by atoms with Crippen molar-refractivity contribution < 1.29 is 4.39 Å². The standard InChI is InChI=1S/C14H13BrFN5S/c1-21-7-6-17-12(21)4-5-18-14-20-19-13(22-14)10-8-9(15)2-3-11(10)16/h2-3,6-8H,4-5H2,1H3,(H,18,20). The molecule has 22 heavy (non-hydrogen) atoms. The van der Waals surface area contributed by atoms with Crippen LogP contribution in [0.15, 0.2) is 35.1 Å².